The molecule has 0 saturated carbocycles. The van der Waals surface area contributed by atoms with Crippen LogP contribution in [0.4, 0.5) is 13.2 Å². The standard InChI is InChI=1S/C8H2Cl2F3N3O/c9-3-1-2-4(5(10)14-3)15-7(8(11,12)13)16-6(2)17/h1H,(H,15,16,17). The Balaban J connectivity index is 2.88. The molecule has 90 valence electrons. The molecule has 0 bridgehead atoms. The fourth-order valence-corrected chi connectivity index (χ4v) is 1.68. The first-order valence-corrected chi connectivity index (χ1v) is 4.88. The minimum absolute atomic E-state index is 0.102. The predicted molar refractivity (Wildman–Crippen MR) is 55.2 cm³/mol. The van der Waals surface area contributed by atoms with Crippen LogP contribution in [0.5, 0.6) is 0 Å². The maximum Gasteiger partial charge on any atom is 0.449 e. The van der Waals surface area contributed by atoms with Crippen molar-refractivity contribution >= 4 is 34.1 Å². The minimum atomic E-state index is -4.77. The summed E-state index contributed by atoms with van der Waals surface area (Å²) in [7, 11) is 0. The van der Waals surface area contributed by atoms with E-state index >= 15 is 0 Å². The summed E-state index contributed by atoms with van der Waals surface area (Å²) < 4.78 is 37.2. The van der Waals surface area contributed by atoms with Gasteiger partial charge < -0.3 is 4.98 Å². The average Bonchev–Trinajstić information content (AvgIpc) is 2.17. The maximum absolute atomic E-state index is 12.4. The number of alkyl halides is 3. The summed E-state index contributed by atoms with van der Waals surface area (Å²) in [5.41, 5.74) is -1.32. The first-order chi connectivity index (χ1) is 7.79. The van der Waals surface area contributed by atoms with Crippen LogP contribution in [0.3, 0.4) is 0 Å². The molecule has 0 fully saturated rings. The molecule has 0 radical (unpaired) electrons. The average molecular weight is 284 g/mol. The Morgan fingerprint density at radius 2 is 1.88 bits per heavy atom. The number of aromatic amines is 1. The van der Waals surface area contributed by atoms with E-state index in [2.05, 4.69) is 9.97 Å². The quantitative estimate of drug-likeness (QED) is 0.756. The zero-order valence-corrected chi connectivity index (χ0v) is 9.28. The van der Waals surface area contributed by atoms with Gasteiger partial charge in [-0.1, -0.05) is 23.2 Å². The lowest BCUT2D eigenvalue weighted by molar-refractivity contribution is -0.144. The lowest BCUT2D eigenvalue weighted by atomic mass is 10.3. The molecule has 0 atom stereocenters. The zero-order chi connectivity index (χ0) is 12.8. The van der Waals surface area contributed by atoms with Crippen LogP contribution in [0.1, 0.15) is 5.82 Å². The second kappa shape index (κ2) is 3.85. The van der Waals surface area contributed by atoms with Gasteiger partial charge in [-0.3, -0.25) is 4.79 Å². The van der Waals surface area contributed by atoms with Crippen molar-refractivity contribution in [3.05, 3.63) is 32.6 Å². The van der Waals surface area contributed by atoms with Crippen LogP contribution in [0, 0.1) is 0 Å². The van der Waals surface area contributed by atoms with Crippen LogP contribution < -0.4 is 5.56 Å². The van der Waals surface area contributed by atoms with Crippen LogP contribution >= 0.6 is 23.2 Å². The number of rotatable bonds is 0. The second-order valence-electron chi connectivity index (χ2n) is 3.04. The molecule has 0 spiro atoms. The fourth-order valence-electron chi connectivity index (χ4n) is 1.21. The largest absolute Gasteiger partial charge is 0.449 e. The number of halogens is 5. The molecule has 2 heterocycles. The number of pyridine rings is 1. The maximum atomic E-state index is 12.4. The smallest absolute Gasteiger partial charge is 0.302 e. The summed E-state index contributed by atoms with van der Waals surface area (Å²) >= 11 is 11.1. The Bertz CT molecular complexity index is 653. The van der Waals surface area contributed by atoms with E-state index in [-0.39, 0.29) is 21.2 Å². The van der Waals surface area contributed by atoms with Crippen molar-refractivity contribution in [1.29, 1.82) is 0 Å². The number of hydrogen-bond donors (Lipinski definition) is 1. The van der Waals surface area contributed by atoms with E-state index in [4.69, 9.17) is 23.2 Å². The molecule has 2 rings (SSSR count). The zero-order valence-electron chi connectivity index (χ0n) is 7.77. The molecule has 0 amide bonds. The van der Waals surface area contributed by atoms with Crippen molar-refractivity contribution in [3.8, 4) is 0 Å². The summed E-state index contributed by atoms with van der Waals surface area (Å²) in [6.45, 7) is 0. The third kappa shape index (κ3) is 2.20. The number of hydrogen-bond acceptors (Lipinski definition) is 3. The van der Waals surface area contributed by atoms with Crippen molar-refractivity contribution in [3.63, 3.8) is 0 Å². The number of H-pyrrole nitrogens is 1. The van der Waals surface area contributed by atoms with Gasteiger partial charge in [-0.15, -0.1) is 0 Å². The summed E-state index contributed by atoms with van der Waals surface area (Å²) in [5, 5.41) is -0.610. The Morgan fingerprint density at radius 1 is 1.24 bits per heavy atom. The van der Waals surface area contributed by atoms with Gasteiger partial charge in [0, 0.05) is 0 Å². The van der Waals surface area contributed by atoms with E-state index < -0.39 is 17.6 Å². The molecule has 4 nitrogen and oxygen atoms in total. The second-order valence-corrected chi connectivity index (χ2v) is 3.79. The van der Waals surface area contributed by atoms with Gasteiger partial charge in [-0.05, 0) is 6.07 Å². The molecule has 1 N–H and O–H groups in total. The monoisotopic (exact) mass is 283 g/mol. The van der Waals surface area contributed by atoms with Gasteiger partial charge in [0.15, 0.2) is 5.15 Å². The molecule has 0 aromatic carbocycles. The first kappa shape index (κ1) is 12.1. The van der Waals surface area contributed by atoms with Crippen LogP contribution in [0.25, 0.3) is 10.9 Å². The molecule has 0 aliphatic carbocycles. The Morgan fingerprint density at radius 3 is 2.47 bits per heavy atom. The summed E-state index contributed by atoms with van der Waals surface area (Å²) in [4.78, 5) is 19.7. The molecule has 0 saturated heterocycles. The lowest BCUT2D eigenvalue weighted by Gasteiger charge is -2.06. The van der Waals surface area contributed by atoms with Gasteiger partial charge in [0.2, 0.25) is 5.82 Å². The third-order valence-corrected chi connectivity index (χ3v) is 2.34. The first-order valence-electron chi connectivity index (χ1n) is 4.12. The summed E-state index contributed by atoms with van der Waals surface area (Å²) in [5.74, 6) is -1.43. The Hall–Kier alpha value is -1.34. The van der Waals surface area contributed by atoms with Crippen molar-refractivity contribution in [2.24, 2.45) is 0 Å². The molecule has 9 heteroatoms. The highest BCUT2D eigenvalue weighted by Crippen LogP contribution is 2.28. The molecular weight excluding hydrogens is 282 g/mol. The number of nitrogens with one attached hydrogen (secondary N) is 1. The van der Waals surface area contributed by atoms with E-state index in [9.17, 15) is 18.0 Å². The van der Waals surface area contributed by atoms with Crippen molar-refractivity contribution < 1.29 is 13.2 Å². The number of nitrogens with zero attached hydrogens (tertiary/aromatic N) is 2. The molecular formula is C8H2Cl2F3N3O. The van der Waals surface area contributed by atoms with Crippen molar-refractivity contribution in [1.82, 2.24) is 15.0 Å². The van der Waals surface area contributed by atoms with E-state index in [1.807, 2.05) is 0 Å². The highest BCUT2D eigenvalue weighted by Gasteiger charge is 2.34. The fraction of sp³-hybridized carbons (Fsp3) is 0.125. The molecule has 2 aromatic heterocycles. The number of aromatic nitrogens is 3. The van der Waals surface area contributed by atoms with Crippen LogP contribution in [0.2, 0.25) is 10.3 Å². The summed E-state index contributed by atoms with van der Waals surface area (Å²) in [6, 6.07) is 1.09. The van der Waals surface area contributed by atoms with Gasteiger partial charge >= 0.3 is 6.18 Å². The normalized spacial score (nSPS) is 12.1. The highest BCUT2D eigenvalue weighted by molar-refractivity contribution is 6.36. The SMILES string of the molecule is O=c1[nH]c(C(F)(F)F)nc2c(Cl)nc(Cl)cc12. The van der Waals surface area contributed by atoms with Crippen LogP contribution in [-0.2, 0) is 6.18 Å². The highest BCUT2D eigenvalue weighted by atomic mass is 35.5. The van der Waals surface area contributed by atoms with Crippen LogP contribution in [-0.4, -0.2) is 15.0 Å². The van der Waals surface area contributed by atoms with E-state index in [1.165, 1.54) is 0 Å². The third-order valence-electron chi connectivity index (χ3n) is 1.89. The van der Waals surface area contributed by atoms with Gasteiger partial charge in [0.05, 0.1) is 5.39 Å². The summed E-state index contributed by atoms with van der Waals surface area (Å²) in [6.07, 6.45) is -4.77. The predicted octanol–water partition coefficient (Wildman–Crippen LogP) is 2.64. The van der Waals surface area contributed by atoms with Gasteiger partial charge in [-0.2, -0.15) is 13.2 Å². The molecule has 0 unspecified atom stereocenters. The molecule has 17 heavy (non-hydrogen) atoms. The Kier molecular flexibility index (Phi) is 2.75. The molecule has 0 aliphatic heterocycles. The van der Waals surface area contributed by atoms with Crippen molar-refractivity contribution in [2.75, 3.05) is 0 Å². The van der Waals surface area contributed by atoms with Gasteiger partial charge in [-0.25, -0.2) is 9.97 Å². The molecule has 0 aliphatic rings. The van der Waals surface area contributed by atoms with E-state index in [0.717, 1.165) is 6.07 Å². The molecule has 2 aromatic rings. The van der Waals surface area contributed by atoms with Crippen LogP contribution in [0.15, 0.2) is 10.9 Å². The van der Waals surface area contributed by atoms with E-state index in [1.54, 1.807) is 4.98 Å². The number of fused-ring (bicyclic) bond motifs is 1. The topological polar surface area (TPSA) is 58.6 Å². The Labute approximate surface area is 101 Å². The van der Waals surface area contributed by atoms with Gasteiger partial charge in [0.1, 0.15) is 10.7 Å². The van der Waals surface area contributed by atoms with Crippen molar-refractivity contribution in [2.45, 2.75) is 6.18 Å². The lowest BCUT2D eigenvalue weighted by Crippen LogP contribution is -2.19. The van der Waals surface area contributed by atoms with E-state index in [0.29, 0.717) is 0 Å². The minimum Gasteiger partial charge on any atom is -0.302 e. The van der Waals surface area contributed by atoms with Gasteiger partial charge in [0.25, 0.3) is 5.56 Å².